The minimum absolute atomic E-state index is 0.00138. The Kier molecular flexibility index (Phi) is 9.93. The maximum absolute atomic E-state index is 13.4. The van der Waals surface area contributed by atoms with Crippen molar-refractivity contribution in [2.45, 2.75) is 49.7 Å². The van der Waals surface area contributed by atoms with E-state index in [1.807, 2.05) is 0 Å². The van der Waals surface area contributed by atoms with Crippen LogP contribution in [0.15, 0.2) is 53.0 Å². The van der Waals surface area contributed by atoms with E-state index >= 15 is 0 Å². The number of carboxylic acid groups (broad SMARTS) is 1. The molecule has 0 aliphatic carbocycles. The molecule has 4 rings (SSSR count). The molecule has 0 saturated heterocycles. The maximum Gasteiger partial charge on any atom is 0.326 e. The van der Waals surface area contributed by atoms with Gasteiger partial charge in [-0.15, -0.1) is 16.4 Å². The third kappa shape index (κ3) is 7.82. The number of hydrogen-bond acceptors (Lipinski definition) is 10. The third-order valence-electron chi connectivity index (χ3n) is 6.53. The molecular formula is C27H31FN6O7S2. The van der Waals surface area contributed by atoms with Gasteiger partial charge in [-0.1, -0.05) is 38.1 Å². The van der Waals surface area contributed by atoms with Gasteiger partial charge >= 0.3 is 5.97 Å². The Bertz CT molecular complexity index is 1690. The van der Waals surface area contributed by atoms with E-state index in [0.717, 1.165) is 11.3 Å². The molecule has 2 aromatic carbocycles. The molecule has 0 radical (unpaired) electrons. The topological polar surface area (TPSA) is 189 Å². The van der Waals surface area contributed by atoms with E-state index in [1.165, 1.54) is 4.68 Å². The van der Waals surface area contributed by atoms with E-state index in [9.17, 15) is 27.5 Å². The standard InChI is InChI=1S/C27H31FN6O7S2/c1-15(2)24(25(35)31-23(26(36)37)16(3)17-4-6-19(7-5-17)40-11-10-28)34-13-18(32-33-34)14-41-20-8-9-21-22(12-20)42-27(30-21)43(29,38)39/h4-9,12-13,15-16,23-24H,10-11,14H2,1-3H3,(H,31,35)(H,36,37)(H2,29,38,39)/t16?,23?,24-/m0/s1. The van der Waals surface area contributed by atoms with E-state index in [2.05, 4.69) is 20.6 Å². The maximum atomic E-state index is 13.4. The second-order valence-electron chi connectivity index (χ2n) is 10.0. The molecular weight excluding hydrogens is 603 g/mol. The number of carbonyl (C=O) groups excluding carboxylic acids is 1. The number of nitrogens with one attached hydrogen (secondary N) is 1. The third-order valence-corrected chi connectivity index (χ3v) is 8.87. The number of sulfonamides is 1. The van der Waals surface area contributed by atoms with Crippen molar-refractivity contribution in [3.63, 3.8) is 0 Å². The largest absolute Gasteiger partial charge is 0.491 e. The molecule has 13 nitrogen and oxygen atoms in total. The molecule has 230 valence electrons. The van der Waals surface area contributed by atoms with Gasteiger partial charge in [0.25, 0.3) is 10.0 Å². The predicted octanol–water partition coefficient (Wildman–Crippen LogP) is 3.03. The van der Waals surface area contributed by atoms with Crippen molar-refractivity contribution in [3.8, 4) is 11.5 Å². The Labute approximate surface area is 250 Å². The molecule has 2 aromatic heterocycles. The van der Waals surface area contributed by atoms with Gasteiger partial charge in [0.1, 0.15) is 49.2 Å². The van der Waals surface area contributed by atoms with Crippen LogP contribution in [-0.2, 0) is 26.2 Å². The highest BCUT2D eigenvalue weighted by molar-refractivity contribution is 7.91. The smallest absolute Gasteiger partial charge is 0.326 e. The molecule has 0 fully saturated rings. The zero-order valence-corrected chi connectivity index (χ0v) is 25.1. The van der Waals surface area contributed by atoms with Crippen LogP contribution < -0.4 is 19.9 Å². The van der Waals surface area contributed by atoms with Gasteiger partial charge in [-0.25, -0.2) is 32.4 Å². The lowest BCUT2D eigenvalue weighted by Crippen LogP contribution is -2.48. The number of amides is 1. The van der Waals surface area contributed by atoms with Crippen molar-refractivity contribution in [2.24, 2.45) is 11.1 Å². The Morgan fingerprint density at radius 2 is 1.81 bits per heavy atom. The van der Waals surface area contributed by atoms with Crippen LogP contribution in [0.1, 0.15) is 44.0 Å². The summed E-state index contributed by atoms with van der Waals surface area (Å²) in [6, 6.07) is 9.36. The van der Waals surface area contributed by atoms with Crippen LogP contribution in [0.25, 0.3) is 10.2 Å². The SMILES string of the molecule is CC(c1ccc(OCCF)cc1)C(NC(=O)[C@H](C(C)C)n1cc(COc2ccc3nc(S(N)(=O)=O)sc3c2)nn1)C(=O)O. The Morgan fingerprint density at radius 1 is 1.12 bits per heavy atom. The fourth-order valence-electron chi connectivity index (χ4n) is 4.35. The number of carboxylic acids is 1. The average Bonchev–Trinajstić information content (AvgIpc) is 3.60. The summed E-state index contributed by atoms with van der Waals surface area (Å²) >= 11 is 0.925. The number of alkyl halides is 1. The lowest BCUT2D eigenvalue weighted by molar-refractivity contribution is -0.143. The van der Waals surface area contributed by atoms with E-state index in [-0.39, 0.29) is 23.5 Å². The first kappa shape index (κ1) is 31.8. The van der Waals surface area contributed by atoms with Crippen molar-refractivity contribution in [3.05, 3.63) is 59.9 Å². The van der Waals surface area contributed by atoms with E-state index in [0.29, 0.717) is 33.0 Å². The molecule has 0 bridgehead atoms. The molecule has 0 spiro atoms. The number of thiazole rings is 1. The van der Waals surface area contributed by atoms with Gasteiger partial charge in [-0.3, -0.25) is 4.79 Å². The Balaban J connectivity index is 1.44. The van der Waals surface area contributed by atoms with Crippen molar-refractivity contribution in [1.82, 2.24) is 25.3 Å². The summed E-state index contributed by atoms with van der Waals surface area (Å²) in [4.78, 5) is 29.6. The molecule has 0 aliphatic heterocycles. The first-order valence-electron chi connectivity index (χ1n) is 13.2. The van der Waals surface area contributed by atoms with Gasteiger partial charge in [-0.05, 0) is 41.8 Å². The number of primary sulfonamides is 1. The van der Waals surface area contributed by atoms with Gasteiger partial charge in [0.05, 0.1) is 16.4 Å². The summed E-state index contributed by atoms with van der Waals surface area (Å²) < 4.78 is 48.3. The first-order valence-corrected chi connectivity index (χ1v) is 15.5. The average molecular weight is 635 g/mol. The number of halogens is 1. The van der Waals surface area contributed by atoms with Crippen LogP contribution >= 0.6 is 11.3 Å². The Hall–Kier alpha value is -4.15. The minimum Gasteiger partial charge on any atom is -0.491 e. The van der Waals surface area contributed by atoms with Gasteiger partial charge in [0.2, 0.25) is 10.2 Å². The molecule has 4 aromatic rings. The number of benzene rings is 2. The van der Waals surface area contributed by atoms with Crippen molar-refractivity contribution in [1.29, 1.82) is 0 Å². The second-order valence-corrected chi connectivity index (χ2v) is 12.8. The number of aliphatic carboxylic acids is 1. The zero-order chi connectivity index (χ0) is 31.3. The van der Waals surface area contributed by atoms with Gasteiger partial charge < -0.3 is 19.9 Å². The summed E-state index contributed by atoms with van der Waals surface area (Å²) in [7, 11) is -3.92. The normalized spacial score (nSPS) is 13.9. The van der Waals surface area contributed by atoms with E-state index in [1.54, 1.807) is 69.4 Å². The number of rotatable bonds is 14. The number of hydrogen-bond donors (Lipinski definition) is 3. The lowest BCUT2D eigenvalue weighted by atomic mass is 9.92. The summed E-state index contributed by atoms with van der Waals surface area (Å²) in [5.74, 6) is -1.73. The zero-order valence-electron chi connectivity index (χ0n) is 23.5. The summed E-state index contributed by atoms with van der Waals surface area (Å²) in [6.07, 6.45) is 1.55. The predicted molar refractivity (Wildman–Crippen MR) is 155 cm³/mol. The summed E-state index contributed by atoms with van der Waals surface area (Å²) in [5, 5.41) is 25.9. The van der Waals surface area contributed by atoms with Crippen LogP contribution in [0, 0.1) is 5.92 Å². The highest BCUT2D eigenvalue weighted by Crippen LogP contribution is 2.29. The lowest BCUT2D eigenvalue weighted by Gasteiger charge is -2.26. The monoisotopic (exact) mass is 634 g/mol. The first-order chi connectivity index (χ1) is 20.4. The number of carbonyl (C=O) groups is 2. The fourth-order valence-corrected chi connectivity index (χ4v) is 6.04. The molecule has 3 atom stereocenters. The molecule has 2 heterocycles. The van der Waals surface area contributed by atoms with Gasteiger partial charge in [0.15, 0.2) is 0 Å². The molecule has 2 unspecified atom stereocenters. The number of nitrogens with two attached hydrogens (primary N) is 1. The molecule has 16 heteroatoms. The highest BCUT2D eigenvalue weighted by atomic mass is 32.2. The molecule has 4 N–H and O–H groups in total. The van der Waals surface area contributed by atoms with Crippen molar-refractivity contribution < 1.29 is 37.0 Å². The number of aromatic nitrogens is 4. The fraction of sp³-hybridized carbons (Fsp3) is 0.370. The quantitative estimate of drug-likeness (QED) is 0.186. The van der Waals surface area contributed by atoms with Gasteiger partial charge in [-0.2, -0.15) is 0 Å². The number of ether oxygens (including phenoxy) is 2. The van der Waals surface area contributed by atoms with Crippen LogP contribution in [0.5, 0.6) is 11.5 Å². The van der Waals surface area contributed by atoms with Crippen LogP contribution in [-0.4, -0.2) is 64.7 Å². The van der Waals surface area contributed by atoms with Crippen molar-refractivity contribution in [2.75, 3.05) is 13.3 Å². The highest BCUT2D eigenvalue weighted by Gasteiger charge is 2.33. The summed E-state index contributed by atoms with van der Waals surface area (Å²) in [5.41, 5.74) is 1.52. The van der Waals surface area contributed by atoms with Crippen molar-refractivity contribution >= 4 is 43.5 Å². The molecule has 0 aliphatic rings. The van der Waals surface area contributed by atoms with Crippen LogP contribution in [0.4, 0.5) is 4.39 Å². The Morgan fingerprint density at radius 3 is 2.44 bits per heavy atom. The summed E-state index contributed by atoms with van der Waals surface area (Å²) in [6.45, 7) is 4.58. The molecule has 43 heavy (non-hydrogen) atoms. The van der Waals surface area contributed by atoms with Crippen LogP contribution in [0.2, 0.25) is 0 Å². The molecule has 0 saturated carbocycles. The van der Waals surface area contributed by atoms with Crippen LogP contribution in [0.3, 0.4) is 0 Å². The van der Waals surface area contributed by atoms with Gasteiger partial charge in [0, 0.05) is 5.92 Å². The second kappa shape index (κ2) is 13.4. The van der Waals surface area contributed by atoms with E-state index < -0.39 is 46.6 Å². The number of nitrogens with zero attached hydrogens (tertiary/aromatic N) is 4. The van der Waals surface area contributed by atoms with E-state index in [4.69, 9.17) is 14.6 Å². The minimum atomic E-state index is -3.92. The number of fused-ring (bicyclic) bond motifs is 1. The molecule has 1 amide bonds.